The number of carbonyl (C=O) groups is 1. The summed E-state index contributed by atoms with van der Waals surface area (Å²) in [4.78, 5) is 12.2. The standard InChI is InChI=1S/C20H41NO2.C2H6/c1-10-19(6,7)13-14-23-16(2)11-12-17(22)21-20(8,9)15-18(3,4)5;1-2/h16H,10-15H2,1-9H3,(H,21,22);1-2H3. The molecule has 0 aromatic rings. The predicted molar refractivity (Wildman–Crippen MR) is 111 cm³/mol. The fourth-order valence-corrected chi connectivity index (χ4v) is 2.94. The first-order valence-corrected chi connectivity index (χ1v) is 10.2. The van der Waals surface area contributed by atoms with Crippen LogP contribution >= 0.6 is 0 Å². The molecule has 0 aromatic heterocycles. The minimum atomic E-state index is -0.162. The van der Waals surface area contributed by atoms with Gasteiger partial charge in [0.05, 0.1) is 6.10 Å². The van der Waals surface area contributed by atoms with Crippen molar-refractivity contribution in [3.05, 3.63) is 0 Å². The molecule has 1 amide bonds. The summed E-state index contributed by atoms with van der Waals surface area (Å²) in [5, 5.41) is 3.16. The predicted octanol–water partition coefficient (Wildman–Crippen LogP) is 6.36. The Morgan fingerprint density at radius 3 is 2.00 bits per heavy atom. The molecular weight excluding hydrogens is 310 g/mol. The quantitative estimate of drug-likeness (QED) is 0.494. The lowest BCUT2D eigenvalue weighted by Crippen LogP contribution is -2.45. The molecule has 1 unspecified atom stereocenters. The van der Waals surface area contributed by atoms with Gasteiger partial charge in [0.2, 0.25) is 5.91 Å². The van der Waals surface area contributed by atoms with Crippen molar-refractivity contribution < 1.29 is 9.53 Å². The van der Waals surface area contributed by atoms with E-state index in [1.165, 1.54) is 0 Å². The summed E-state index contributed by atoms with van der Waals surface area (Å²) in [5.41, 5.74) is 0.387. The van der Waals surface area contributed by atoms with Crippen molar-refractivity contribution in [3.63, 3.8) is 0 Å². The molecule has 152 valence electrons. The highest BCUT2D eigenvalue weighted by Gasteiger charge is 2.27. The van der Waals surface area contributed by atoms with E-state index in [4.69, 9.17) is 4.74 Å². The zero-order valence-corrected chi connectivity index (χ0v) is 19.1. The van der Waals surface area contributed by atoms with Crippen LogP contribution < -0.4 is 5.32 Å². The van der Waals surface area contributed by atoms with Gasteiger partial charge in [0.1, 0.15) is 0 Å². The van der Waals surface area contributed by atoms with E-state index >= 15 is 0 Å². The third kappa shape index (κ3) is 16.6. The fraction of sp³-hybridized carbons (Fsp3) is 0.955. The SMILES string of the molecule is CC.CCC(C)(C)CCOC(C)CCC(=O)NC(C)(C)CC(C)(C)C. The van der Waals surface area contributed by atoms with Gasteiger partial charge < -0.3 is 10.1 Å². The van der Waals surface area contributed by atoms with Gasteiger partial charge >= 0.3 is 0 Å². The molecule has 0 spiro atoms. The molecule has 0 bridgehead atoms. The van der Waals surface area contributed by atoms with E-state index in [0.717, 1.165) is 32.3 Å². The number of hydrogen-bond donors (Lipinski definition) is 1. The molecule has 3 nitrogen and oxygen atoms in total. The molecule has 0 radical (unpaired) electrons. The Bertz CT molecular complexity index is 354. The van der Waals surface area contributed by atoms with Gasteiger partial charge in [-0.25, -0.2) is 0 Å². The van der Waals surface area contributed by atoms with Gasteiger partial charge in [0, 0.05) is 18.6 Å². The van der Waals surface area contributed by atoms with Crippen molar-refractivity contribution in [2.24, 2.45) is 10.8 Å². The van der Waals surface area contributed by atoms with Crippen molar-refractivity contribution in [3.8, 4) is 0 Å². The molecule has 0 rings (SSSR count). The van der Waals surface area contributed by atoms with Crippen LogP contribution in [0.5, 0.6) is 0 Å². The minimum absolute atomic E-state index is 0.128. The third-order valence-electron chi connectivity index (χ3n) is 4.37. The van der Waals surface area contributed by atoms with Crippen molar-refractivity contribution in [1.29, 1.82) is 0 Å². The molecule has 0 aliphatic rings. The van der Waals surface area contributed by atoms with Gasteiger partial charge in [-0.2, -0.15) is 0 Å². The number of amides is 1. The molecule has 0 saturated heterocycles. The Hall–Kier alpha value is -0.570. The van der Waals surface area contributed by atoms with E-state index < -0.39 is 0 Å². The highest BCUT2D eigenvalue weighted by atomic mass is 16.5. The van der Waals surface area contributed by atoms with Crippen LogP contribution in [0.1, 0.15) is 108 Å². The summed E-state index contributed by atoms with van der Waals surface area (Å²) in [7, 11) is 0. The average molecular weight is 358 g/mol. The Balaban J connectivity index is 0. The second-order valence-corrected chi connectivity index (χ2v) is 9.66. The first kappa shape index (κ1) is 26.7. The second-order valence-electron chi connectivity index (χ2n) is 9.66. The topological polar surface area (TPSA) is 38.3 Å². The van der Waals surface area contributed by atoms with Gasteiger partial charge in [-0.15, -0.1) is 0 Å². The highest BCUT2D eigenvalue weighted by molar-refractivity contribution is 5.76. The smallest absolute Gasteiger partial charge is 0.220 e. The maximum Gasteiger partial charge on any atom is 0.220 e. The Morgan fingerprint density at radius 1 is 1.04 bits per heavy atom. The van der Waals surface area contributed by atoms with E-state index in [0.29, 0.717) is 11.8 Å². The number of carbonyl (C=O) groups excluding carboxylic acids is 1. The number of nitrogens with one attached hydrogen (secondary N) is 1. The van der Waals surface area contributed by atoms with E-state index in [-0.39, 0.29) is 23.0 Å². The molecule has 3 heteroatoms. The lowest BCUT2D eigenvalue weighted by atomic mass is 9.81. The van der Waals surface area contributed by atoms with Crippen molar-refractivity contribution in [2.75, 3.05) is 6.61 Å². The molecular formula is C22H47NO2. The summed E-state index contributed by atoms with van der Waals surface area (Å²) < 4.78 is 5.86. The summed E-state index contributed by atoms with van der Waals surface area (Å²) >= 11 is 0. The first-order chi connectivity index (χ1) is 11.3. The Morgan fingerprint density at radius 2 is 1.56 bits per heavy atom. The summed E-state index contributed by atoms with van der Waals surface area (Å²) in [6.45, 7) is 24.4. The molecule has 0 aliphatic carbocycles. The van der Waals surface area contributed by atoms with E-state index in [2.05, 4.69) is 67.6 Å². The molecule has 1 N–H and O–H groups in total. The molecule has 0 fully saturated rings. The van der Waals surface area contributed by atoms with E-state index in [9.17, 15) is 4.79 Å². The fourth-order valence-electron chi connectivity index (χ4n) is 2.94. The highest BCUT2D eigenvalue weighted by Crippen LogP contribution is 2.27. The lowest BCUT2D eigenvalue weighted by molar-refractivity contribution is -0.123. The first-order valence-electron chi connectivity index (χ1n) is 10.2. The van der Waals surface area contributed by atoms with E-state index in [1.54, 1.807) is 0 Å². The molecule has 1 atom stereocenters. The number of hydrogen-bond acceptors (Lipinski definition) is 2. The Kier molecular flexibility index (Phi) is 12.7. The summed E-state index contributed by atoms with van der Waals surface area (Å²) in [5.74, 6) is 0.128. The molecule has 25 heavy (non-hydrogen) atoms. The van der Waals surface area contributed by atoms with Crippen LogP contribution in [0.2, 0.25) is 0 Å². The number of rotatable bonds is 10. The van der Waals surface area contributed by atoms with E-state index in [1.807, 2.05) is 13.8 Å². The molecule has 0 aromatic carbocycles. The molecule has 0 saturated carbocycles. The maximum atomic E-state index is 12.2. The average Bonchev–Trinajstić information content (AvgIpc) is 2.44. The maximum absolute atomic E-state index is 12.2. The van der Waals surface area contributed by atoms with Gasteiger partial charge in [0.15, 0.2) is 0 Å². The zero-order valence-electron chi connectivity index (χ0n) is 19.1. The van der Waals surface area contributed by atoms with Crippen LogP contribution in [0.15, 0.2) is 0 Å². The minimum Gasteiger partial charge on any atom is -0.378 e. The second kappa shape index (κ2) is 11.9. The molecule has 0 aliphatic heterocycles. The third-order valence-corrected chi connectivity index (χ3v) is 4.37. The summed E-state index contributed by atoms with van der Waals surface area (Å²) in [6, 6.07) is 0. The van der Waals surface area contributed by atoms with Crippen molar-refractivity contribution in [2.45, 2.75) is 120 Å². The summed E-state index contributed by atoms with van der Waals surface area (Å²) in [6.07, 6.45) is 4.65. The van der Waals surface area contributed by atoms with Crippen molar-refractivity contribution >= 4 is 5.91 Å². The van der Waals surface area contributed by atoms with Gasteiger partial charge in [-0.3, -0.25) is 4.79 Å². The van der Waals surface area contributed by atoms with Crippen LogP contribution in [0.25, 0.3) is 0 Å². The van der Waals surface area contributed by atoms with Crippen LogP contribution in [0.3, 0.4) is 0 Å². The number of ether oxygens (including phenoxy) is 1. The van der Waals surface area contributed by atoms with Crippen LogP contribution in [-0.4, -0.2) is 24.2 Å². The van der Waals surface area contributed by atoms with Gasteiger partial charge in [-0.05, 0) is 50.9 Å². The van der Waals surface area contributed by atoms with Gasteiger partial charge in [-0.1, -0.05) is 61.8 Å². The monoisotopic (exact) mass is 357 g/mol. The van der Waals surface area contributed by atoms with Crippen molar-refractivity contribution in [1.82, 2.24) is 5.32 Å². The van der Waals surface area contributed by atoms with Crippen LogP contribution in [0.4, 0.5) is 0 Å². The largest absolute Gasteiger partial charge is 0.378 e. The lowest BCUT2D eigenvalue weighted by Gasteiger charge is -2.33. The Labute approximate surface area is 158 Å². The molecule has 0 heterocycles. The zero-order chi connectivity index (χ0) is 20.3. The normalized spacial score (nSPS) is 13.7. The van der Waals surface area contributed by atoms with Crippen LogP contribution in [-0.2, 0) is 9.53 Å². The van der Waals surface area contributed by atoms with Crippen LogP contribution in [0, 0.1) is 10.8 Å². The van der Waals surface area contributed by atoms with Gasteiger partial charge in [0.25, 0.3) is 0 Å².